The summed E-state index contributed by atoms with van der Waals surface area (Å²) in [6, 6.07) is 7.76. The van der Waals surface area contributed by atoms with Crippen LogP contribution in [0.1, 0.15) is 10.5 Å². The molecule has 0 aliphatic carbocycles. The molecular weight excluding hydrogens is 277 g/mol. The second-order valence-electron chi connectivity index (χ2n) is 3.17. The number of aryl methyl sites for hydroxylation is 1. The molecule has 15 heavy (non-hydrogen) atoms. The number of aromatic nitrogens is 1. The average molecular weight is 287 g/mol. The van der Waals surface area contributed by atoms with Gasteiger partial charge in [0.15, 0.2) is 6.29 Å². The average Bonchev–Trinajstić information content (AvgIpc) is 2.54. The Morgan fingerprint density at radius 1 is 1.40 bits per heavy atom. The molecule has 2 aromatic rings. The van der Waals surface area contributed by atoms with Gasteiger partial charge in [-0.1, -0.05) is 45.7 Å². The van der Waals surface area contributed by atoms with E-state index in [0.29, 0.717) is 10.7 Å². The number of benzene rings is 1. The van der Waals surface area contributed by atoms with Gasteiger partial charge >= 0.3 is 0 Å². The second kappa shape index (κ2) is 4.37. The summed E-state index contributed by atoms with van der Waals surface area (Å²) in [6.45, 7) is 0.737. The van der Waals surface area contributed by atoms with Gasteiger partial charge < -0.3 is 4.57 Å². The van der Waals surface area contributed by atoms with Gasteiger partial charge in [-0.3, -0.25) is 4.79 Å². The van der Waals surface area contributed by atoms with E-state index in [1.807, 2.05) is 28.8 Å². The van der Waals surface area contributed by atoms with Crippen LogP contribution in [0.2, 0.25) is 5.02 Å². The number of halogens is 2. The highest BCUT2D eigenvalue weighted by Gasteiger charge is 2.13. The molecule has 0 saturated carbocycles. The monoisotopic (exact) mass is 285 g/mol. The standard InChI is InChI=1S/C11H9BrClNO/c12-5-6-14-9-4-2-1-3-8(9)11(13)10(14)7-15/h1-4,7H,5-6H2. The van der Waals surface area contributed by atoms with Crippen LogP contribution < -0.4 is 0 Å². The van der Waals surface area contributed by atoms with Crippen molar-refractivity contribution in [2.45, 2.75) is 6.54 Å². The number of aldehydes is 1. The quantitative estimate of drug-likeness (QED) is 0.625. The molecule has 1 aromatic carbocycles. The van der Waals surface area contributed by atoms with Crippen LogP contribution in [0.3, 0.4) is 0 Å². The molecule has 0 spiro atoms. The van der Waals surface area contributed by atoms with E-state index in [2.05, 4.69) is 15.9 Å². The zero-order valence-corrected chi connectivity index (χ0v) is 10.3. The third kappa shape index (κ3) is 1.70. The predicted octanol–water partition coefficient (Wildman–Crippen LogP) is 3.50. The number of hydrogen-bond acceptors (Lipinski definition) is 1. The molecule has 0 saturated heterocycles. The minimum absolute atomic E-state index is 0.543. The van der Waals surface area contributed by atoms with Crippen molar-refractivity contribution >= 4 is 44.7 Å². The van der Waals surface area contributed by atoms with Gasteiger partial charge in [-0.05, 0) is 6.07 Å². The molecule has 1 aromatic heterocycles. The first-order valence-corrected chi connectivity index (χ1v) is 6.07. The van der Waals surface area contributed by atoms with Crippen molar-refractivity contribution in [3.8, 4) is 0 Å². The minimum atomic E-state index is 0.543. The van der Waals surface area contributed by atoms with Crippen LogP contribution in [-0.4, -0.2) is 16.2 Å². The number of carbonyl (C=O) groups is 1. The molecule has 0 amide bonds. The van der Waals surface area contributed by atoms with Crippen LogP contribution in [0, 0.1) is 0 Å². The maximum Gasteiger partial charge on any atom is 0.168 e. The zero-order chi connectivity index (χ0) is 10.8. The molecule has 4 heteroatoms. The fourth-order valence-corrected chi connectivity index (χ4v) is 2.38. The topological polar surface area (TPSA) is 22.0 Å². The van der Waals surface area contributed by atoms with E-state index in [9.17, 15) is 4.79 Å². The number of hydrogen-bond donors (Lipinski definition) is 0. The Bertz CT molecular complexity index is 507. The molecule has 0 radical (unpaired) electrons. The highest BCUT2D eigenvalue weighted by molar-refractivity contribution is 9.09. The van der Waals surface area contributed by atoms with Gasteiger partial charge in [-0.2, -0.15) is 0 Å². The van der Waals surface area contributed by atoms with E-state index in [0.717, 1.165) is 29.1 Å². The van der Waals surface area contributed by atoms with Crippen LogP contribution >= 0.6 is 27.5 Å². The lowest BCUT2D eigenvalue weighted by Crippen LogP contribution is -2.02. The van der Waals surface area contributed by atoms with Gasteiger partial charge in [0.05, 0.1) is 10.5 Å². The van der Waals surface area contributed by atoms with Crippen LogP contribution in [0.5, 0.6) is 0 Å². The summed E-state index contributed by atoms with van der Waals surface area (Å²) in [7, 11) is 0. The van der Waals surface area contributed by atoms with Gasteiger partial charge in [0.2, 0.25) is 0 Å². The van der Waals surface area contributed by atoms with Crippen LogP contribution in [0.25, 0.3) is 10.9 Å². The van der Waals surface area contributed by atoms with Gasteiger partial charge in [0.1, 0.15) is 5.69 Å². The summed E-state index contributed by atoms with van der Waals surface area (Å²) < 4.78 is 1.93. The summed E-state index contributed by atoms with van der Waals surface area (Å²) in [5, 5.41) is 2.27. The van der Waals surface area contributed by atoms with E-state index < -0.39 is 0 Å². The van der Waals surface area contributed by atoms with E-state index in [1.165, 1.54) is 0 Å². The molecular formula is C11H9BrClNO. The number of nitrogens with zero attached hydrogens (tertiary/aromatic N) is 1. The first-order valence-electron chi connectivity index (χ1n) is 4.57. The molecule has 0 unspecified atom stereocenters. The van der Waals surface area contributed by atoms with Gasteiger partial charge in [0, 0.05) is 17.3 Å². The van der Waals surface area contributed by atoms with Crippen molar-refractivity contribution in [2.75, 3.05) is 5.33 Å². The smallest absolute Gasteiger partial charge is 0.168 e. The molecule has 0 N–H and O–H groups in total. The Hall–Kier alpha value is -0.800. The summed E-state index contributed by atoms with van der Waals surface area (Å²) in [6.07, 6.45) is 0.811. The Morgan fingerprint density at radius 3 is 2.80 bits per heavy atom. The number of fused-ring (bicyclic) bond motifs is 1. The van der Waals surface area contributed by atoms with Gasteiger partial charge in [-0.25, -0.2) is 0 Å². The maximum absolute atomic E-state index is 11.0. The summed E-state index contributed by atoms with van der Waals surface area (Å²) >= 11 is 9.50. The van der Waals surface area contributed by atoms with Crippen molar-refractivity contribution in [2.24, 2.45) is 0 Å². The Balaban J connectivity index is 2.78. The van der Waals surface area contributed by atoms with E-state index in [-0.39, 0.29) is 0 Å². The maximum atomic E-state index is 11.0. The second-order valence-corrected chi connectivity index (χ2v) is 4.35. The molecule has 2 rings (SSSR count). The lowest BCUT2D eigenvalue weighted by Gasteiger charge is -2.03. The molecule has 1 heterocycles. The van der Waals surface area contributed by atoms with Crippen LogP contribution in [0.4, 0.5) is 0 Å². The molecule has 0 aliphatic rings. The molecule has 0 aliphatic heterocycles. The number of rotatable bonds is 3. The largest absolute Gasteiger partial charge is 0.336 e. The molecule has 0 bridgehead atoms. The minimum Gasteiger partial charge on any atom is -0.336 e. The van der Waals surface area contributed by atoms with Gasteiger partial charge in [0.25, 0.3) is 0 Å². The SMILES string of the molecule is O=Cc1c(Cl)c2ccccc2n1CCBr. The first-order chi connectivity index (χ1) is 7.29. The van der Waals surface area contributed by atoms with Crippen molar-refractivity contribution in [3.05, 3.63) is 35.0 Å². The van der Waals surface area contributed by atoms with Gasteiger partial charge in [-0.15, -0.1) is 0 Å². The molecule has 0 fully saturated rings. The van der Waals surface area contributed by atoms with Crippen LogP contribution in [-0.2, 0) is 6.54 Å². The lowest BCUT2D eigenvalue weighted by molar-refractivity contribution is 0.111. The fourth-order valence-electron chi connectivity index (χ4n) is 1.72. The lowest BCUT2D eigenvalue weighted by atomic mass is 10.2. The number of para-hydroxylation sites is 1. The molecule has 78 valence electrons. The van der Waals surface area contributed by atoms with Crippen LogP contribution in [0.15, 0.2) is 24.3 Å². The van der Waals surface area contributed by atoms with Crippen molar-refractivity contribution in [1.82, 2.24) is 4.57 Å². The molecule has 0 atom stereocenters. The molecule has 2 nitrogen and oxygen atoms in total. The number of carbonyl (C=O) groups excluding carboxylic acids is 1. The van der Waals surface area contributed by atoms with Crippen molar-refractivity contribution in [3.63, 3.8) is 0 Å². The fraction of sp³-hybridized carbons (Fsp3) is 0.182. The summed E-state index contributed by atoms with van der Waals surface area (Å²) in [5.74, 6) is 0. The van der Waals surface area contributed by atoms with E-state index in [1.54, 1.807) is 0 Å². The predicted molar refractivity (Wildman–Crippen MR) is 66.1 cm³/mol. The van der Waals surface area contributed by atoms with E-state index >= 15 is 0 Å². The normalized spacial score (nSPS) is 10.8. The Morgan fingerprint density at radius 2 is 2.13 bits per heavy atom. The highest BCUT2D eigenvalue weighted by atomic mass is 79.9. The van der Waals surface area contributed by atoms with E-state index in [4.69, 9.17) is 11.6 Å². The summed E-state index contributed by atoms with van der Waals surface area (Å²) in [5.41, 5.74) is 1.56. The number of alkyl halides is 1. The Labute approximate surface area is 101 Å². The zero-order valence-electron chi connectivity index (χ0n) is 7.91. The third-order valence-corrected chi connectivity index (χ3v) is 3.12. The van der Waals surface area contributed by atoms with Crippen molar-refractivity contribution in [1.29, 1.82) is 0 Å². The first kappa shape index (κ1) is 10.7. The van der Waals surface area contributed by atoms with Crippen molar-refractivity contribution < 1.29 is 4.79 Å². The summed E-state index contributed by atoms with van der Waals surface area (Å²) in [4.78, 5) is 11.0. The third-order valence-electron chi connectivity index (χ3n) is 2.37. The Kier molecular flexibility index (Phi) is 3.12. The highest BCUT2D eigenvalue weighted by Crippen LogP contribution is 2.29.